The van der Waals surface area contributed by atoms with Crippen molar-refractivity contribution in [1.82, 2.24) is 9.55 Å². The van der Waals surface area contributed by atoms with Gasteiger partial charge in [-0.15, -0.1) is 11.3 Å². The number of hydrogen-bond donors (Lipinski definition) is 1. The van der Waals surface area contributed by atoms with Gasteiger partial charge in [0.2, 0.25) is 0 Å². The van der Waals surface area contributed by atoms with E-state index in [0.29, 0.717) is 21.7 Å². The molecule has 3 nitrogen and oxygen atoms in total. The summed E-state index contributed by atoms with van der Waals surface area (Å²) in [6, 6.07) is 9.38. The van der Waals surface area contributed by atoms with Crippen molar-refractivity contribution in [3.8, 4) is 0 Å². The highest BCUT2D eigenvalue weighted by atomic mass is 35.5. The van der Waals surface area contributed by atoms with Crippen LogP contribution in [0.25, 0.3) is 10.2 Å². The van der Waals surface area contributed by atoms with Crippen molar-refractivity contribution in [3.05, 3.63) is 60.9 Å². The molecule has 0 saturated carbocycles. The minimum absolute atomic E-state index is 0.0420. The first-order valence-electron chi connectivity index (χ1n) is 6.58. The average molecular weight is 337 g/mol. The van der Waals surface area contributed by atoms with E-state index in [4.69, 9.17) is 23.8 Å². The molecule has 0 spiro atoms. The molecule has 0 aliphatic carbocycles. The third-order valence-electron chi connectivity index (χ3n) is 3.33. The Labute approximate surface area is 135 Å². The number of nitrogens with one attached hydrogen (secondary N) is 1. The number of hydrogen-bond acceptors (Lipinski definition) is 3. The smallest absolute Gasteiger partial charge is 0.263 e. The molecule has 2 heterocycles. The number of nitrogens with zero attached hydrogens (tertiary/aromatic N) is 1. The zero-order valence-corrected chi connectivity index (χ0v) is 13.7. The summed E-state index contributed by atoms with van der Waals surface area (Å²) in [5, 5.41) is 1.39. The minimum atomic E-state index is -0.0420. The summed E-state index contributed by atoms with van der Waals surface area (Å²) in [5.74, 6) is 0. The molecule has 1 N–H and O–H groups in total. The number of benzene rings is 1. The first kappa shape index (κ1) is 14.5. The molecule has 0 bridgehead atoms. The lowest BCUT2D eigenvalue weighted by atomic mass is 10.2. The van der Waals surface area contributed by atoms with E-state index in [-0.39, 0.29) is 5.56 Å². The highest BCUT2D eigenvalue weighted by molar-refractivity contribution is 7.71. The van der Waals surface area contributed by atoms with Crippen molar-refractivity contribution in [1.29, 1.82) is 0 Å². The number of halogens is 1. The number of aryl methyl sites for hydroxylation is 1. The predicted molar refractivity (Wildman–Crippen MR) is 91.2 cm³/mol. The van der Waals surface area contributed by atoms with Crippen LogP contribution in [0.1, 0.15) is 17.4 Å². The summed E-state index contributed by atoms with van der Waals surface area (Å²) < 4.78 is 2.04. The summed E-state index contributed by atoms with van der Waals surface area (Å²) in [4.78, 5) is 17.8. The molecule has 6 heteroatoms. The molecule has 21 heavy (non-hydrogen) atoms. The van der Waals surface area contributed by atoms with Gasteiger partial charge in [-0.2, -0.15) is 0 Å². The SMILES string of the molecule is CCc1cc2c(=O)n(Cc3ccc(Cl)cc3)c(=S)[nH]c2s1. The quantitative estimate of drug-likeness (QED) is 0.720. The zero-order valence-electron chi connectivity index (χ0n) is 11.4. The van der Waals surface area contributed by atoms with E-state index in [0.717, 1.165) is 16.8 Å². The van der Waals surface area contributed by atoms with Crippen LogP contribution >= 0.6 is 35.2 Å². The first-order valence-corrected chi connectivity index (χ1v) is 8.18. The number of aromatic nitrogens is 2. The lowest BCUT2D eigenvalue weighted by Crippen LogP contribution is -2.22. The van der Waals surface area contributed by atoms with Gasteiger partial charge >= 0.3 is 0 Å². The lowest BCUT2D eigenvalue weighted by molar-refractivity contribution is 0.735. The Morgan fingerprint density at radius 1 is 1.33 bits per heavy atom. The molecule has 0 atom stereocenters. The molecule has 3 rings (SSSR count). The number of thiophene rings is 1. The van der Waals surface area contributed by atoms with Crippen molar-refractivity contribution < 1.29 is 0 Å². The lowest BCUT2D eigenvalue weighted by Gasteiger charge is -2.06. The van der Waals surface area contributed by atoms with Gasteiger partial charge in [0.25, 0.3) is 5.56 Å². The molecule has 0 saturated heterocycles. The van der Waals surface area contributed by atoms with Crippen molar-refractivity contribution >= 4 is 45.4 Å². The molecule has 0 unspecified atom stereocenters. The highest BCUT2D eigenvalue weighted by Crippen LogP contribution is 2.21. The predicted octanol–water partition coefficient (Wildman–Crippen LogP) is 4.38. The summed E-state index contributed by atoms with van der Waals surface area (Å²) in [6.07, 6.45) is 0.913. The van der Waals surface area contributed by atoms with Crippen LogP contribution in [0.2, 0.25) is 5.02 Å². The monoisotopic (exact) mass is 336 g/mol. The van der Waals surface area contributed by atoms with E-state index in [1.165, 1.54) is 4.88 Å². The molecule has 3 aromatic rings. The Kier molecular flexibility index (Phi) is 3.97. The molecule has 0 aliphatic rings. The number of H-pyrrole nitrogens is 1. The van der Waals surface area contributed by atoms with E-state index < -0.39 is 0 Å². The Morgan fingerprint density at radius 3 is 2.71 bits per heavy atom. The minimum Gasteiger partial charge on any atom is -0.323 e. The summed E-state index contributed by atoms with van der Waals surface area (Å²) in [7, 11) is 0. The third kappa shape index (κ3) is 2.81. The first-order chi connectivity index (χ1) is 10.1. The maximum Gasteiger partial charge on any atom is 0.263 e. The van der Waals surface area contributed by atoms with E-state index in [9.17, 15) is 4.79 Å². The second-order valence-electron chi connectivity index (χ2n) is 4.76. The van der Waals surface area contributed by atoms with Crippen molar-refractivity contribution in [2.75, 3.05) is 0 Å². The summed E-state index contributed by atoms with van der Waals surface area (Å²) in [6.45, 7) is 2.52. The normalized spacial score (nSPS) is 11.1. The van der Waals surface area contributed by atoms with Crippen LogP contribution < -0.4 is 5.56 Å². The summed E-state index contributed by atoms with van der Waals surface area (Å²) >= 11 is 12.8. The fourth-order valence-electron chi connectivity index (χ4n) is 2.19. The van der Waals surface area contributed by atoms with Gasteiger partial charge < -0.3 is 4.98 Å². The fourth-order valence-corrected chi connectivity index (χ4v) is 3.61. The Morgan fingerprint density at radius 2 is 2.05 bits per heavy atom. The third-order valence-corrected chi connectivity index (χ3v) is 5.10. The molecule has 0 radical (unpaired) electrons. The Hall–Kier alpha value is -1.43. The van der Waals surface area contributed by atoms with Crippen LogP contribution in [-0.4, -0.2) is 9.55 Å². The molecule has 1 aromatic carbocycles. The molecule has 108 valence electrons. The zero-order chi connectivity index (χ0) is 15.0. The van der Waals surface area contributed by atoms with Crippen LogP contribution in [0.4, 0.5) is 0 Å². The molecular weight excluding hydrogens is 324 g/mol. The average Bonchev–Trinajstić information content (AvgIpc) is 2.88. The van der Waals surface area contributed by atoms with Gasteiger partial charge in [0.15, 0.2) is 4.77 Å². The van der Waals surface area contributed by atoms with Crippen LogP contribution in [0.5, 0.6) is 0 Å². The van der Waals surface area contributed by atoms with E-state index in [1.54, 1.807) is 15.9 Å². The van der Waals surface area contributed by atoms with Crippen LogP contribution in [0.3, 0.4) is 0 Å². The second kappa shape index (κ2) is 5.75. The van der Waals surface area contributed by atoms with Gasteiger partial charge in [-0.25, -0.2) is 0 Å². The molecule has 0 aliphatic heterocycles. The number of rotatable bonds is 3. The molecule has 0 fully saturated rings. The van der Waals surface area contributed by atoms with Crippen LogP contribution in [0, 0.1) is 4.77 Å². The van der Waals surface area contributed by atoms with Gasteiger partial charge in [-0.1, -0.05) is 30.7 Å². The molecule has 2 aromatic heterocycles. The van der Waals surface area contributed by atoms with E-state index in [1.807, 2.05) is 30.3 Å². The maximum atomic E-state index is 12.6. The number of fused-ring (bicyclic) bond motifs is 1. The van der Waals surface area contributed by atoms with E-state index in [2.05, 4.69) is 11.9 Å². The van der Waals surface area contributed by atoms with Crippen molar-refractivity contribution in [3.63, 3.8) is 0 Å². The van der Waals surface area contributed by atoms with Gasteiger partial charge in [0.1, 0.15) is 4.83 Å². The Balaban J connectivity index is 2.11. The fraction of sp³-hybridized carbons (Fsp3) is 0.200. The molecular formula is C15H13ClN2OS2. The van der Waals surface area contributed by atoms with Crippen molar-refractivity contribution in [2.24, 2.45) is 0 Å². The topological polar surface area (TPSA) is 37.8 Å². The van der Waals surface area contributed by atoms with Crippen LogP contribution in [-0.2, 0) is 13.0 Å². The van der Waals surface area contributed by atoms with Gasteiger partial charge in [0.05, 0.1) is 11.9 Å². The largest absolute Gasteiger partial charge is 0.323 e. The van der Waals surface area contributed by atoms with Gasteiger partial charge in [-0.05, 0) is 42.4 Å². The Bertz CT molecular complexity index is 906. The maximum absolute atomic E-state index is 12.6. The van der Waals surface area contributed by atoms with E-state index >= 15 is 0 Å². The highest BCUT2D eigenvalue weighted by Gasteiger charge is 2.09. The number of aromatic amines is 1. The van der Waals surface area contributed by atoms with Gasteiger partial charge in [0, 0.05) is 9.90 Å². The molecule has 0 amide bonds. The van der Waals surface area contributed by atoms with Crippen LogP contribution in [0.15, 0.2) is 35.1 Å². The van der Waals surface area contributed by atoms with Gasteiger partial charge in [-0.3, -0.25) is 9.36 Å². The van der Waals surface area contributed by atoms with Crippen molar-refractivity contribution in [2.45, 2.75) is 19.9 Å². The second-order valence-corrected chi connectivity index (χ2v) is 6.72. The summed E-state index contributed by atoms with van der Waals surface area (Å²) in [5.41, 5.74) is 0.950. The standard InChI is InChI=1S/C15H13ClN2OS2/c1-2-11-7-12-13(21-11)17-15(20)18(14(12)19)8-9-3-5-10(16)6-4-9/h3-7H,2,8H2,1H3,(H,17,20).